The van der Waals surface area contributed by atoms with E-state index in [1.165, 1.54) is 18.2 Å². The molecule has 0 heterocycles. The molecule has 2 aromatic carbocycles. The summed E-state index contributed by atoms with van der Waals surface area (Å²) in [4.78, 5) is 10.4. The monoisotopic (exact) mass is 288 g/mol. The highest BCUT2D eigenvalue weighted by atomic mass is 19.1. The molecule has 0 bridgehead atoms. The molecule has 110 valence electrons. The molecule has 0 spiro atoms. The van der Waals surface area contributed by atoms with Crippen molar-refractivity contribution < 1.29 is 9.31 Å². The molecular formula is C16H17FN2O2. The number of hydrogen-bond acceptors (Lipinski definition) is 3. The Kier molecular flexibility index (Phi) is 4.65. The molecule has 1 N–H and O–H groups in total. The minimum absolute atomic E-state index is 0.0602. The summed E-state index contributed by atoms with van der Waals surface area (Å²) in [7, 11) is 0. The summed E-state index contributed by atoms with van der Waals surface area (Å²) in [5, 5.41) is 14.1. The highest BCUT2D eigenvalue weighted by Crippen LogP contribution is 2.22. The molecule has 2 rings (SSSR count). The number of nitro benzene ring substituents is 1. The molecule has 0 aliphatic heterocycles. The van der Waals surface area contributed by atoms with E-state index >= 15 is 0 Å². The van der Waals surface area contributed by atoms with Crippen LogP contribution in [0.2, 0.25) is 0 Å². The SMILES string of the molecule is CC(N[C@H](C)c1cccc(F)c1)c1cccc([N+](=O)[O-])c1. The highest BCUT2D eigenvalue weighted by molar-refractivity contribution is 5.35. The van der Waals surface area contributed by atoms with Crippen LogP contribution in [0.15, 0.2) is 48.5 Å². The zero-order valence-electron chi connectivity index (χ0n) is 11.9. The van der Waals surface area contributed by atoms with E-state index in [-0.39, 0.29) is 23.6 Å². The Morgan fingerprint density at radius 2 is 1.62 bits per heavy atom. The maximum atomic E-state index is 13.2. The lowest BCUT2D eigenvalue weighted by Gasteiger charge is -2.20. The van der Waals surface area contributed by atoms with Crippen molar-refractivity contribution in [1.29, 1.82) is 0 Å². The molecule has 0 saturated heterocycles. The van der Waals surface area contributed by atoms with E-state index in [1.54, 1.807) is 18.2 Å². The third-order valence-corrected chi connectivity index (χ3v) is 3.43. The van der Waals surface area contributed by atoms with Crippen LogP contribution < -0.4 is 5.32 Å². The van der Waals surface area contributed by atoms with Gasteiger partial charge in [-0.1, -0.05) is 24.3 Å². The quantitative estimate of drug-likeness (QED) is 0.664. The smallest absolute Gasteiger partial charge is 0.269 e. The average molecular weight is 288 g/mol. The van der Waals surface area contributed by atoms with Crippen LogP contribution in [-0.4, -0.2) is 4.92 Å². The summed E-state index contributed by atoms with van der Waals surface area (Å²) in [5.41, 5.74) is 1.74. The van der Waals surface area contributed by atoms with Gasteiger partial charge in [0.1, 0.15) is 5.82 Å². The molecule has 0 saturated carbocycles. The predicted molar refractivity (Wildman–Crippen MR) is 79.5 cm³/mol. The van der Waals surface area contributed by atoms with Gasteiger partial charge in [-0.05, 0) is 37.1 Å². The Bertz CT molecular complexity index is 646. The third kappa shape index (κ3) is 3.86. The van der Waals surface area contributed by atoms with Crippen molar-refractivity contribution >= 4 is 5.69 Å². The Hall–Kier alpha value is -2.27. The Morgan fingerprint density at radius 1 is 1.05 bits per heavy atom. The van der Waals surface area contributed by atoms with Crippen molar-refractivity contribution in [3.8, 4) is 0 Å². The Labute approximate surface area is 122 Å². The summed E-state index contributed by atoms with van der Waals surface area (Å²) >= 11 is 0. The first kappa shape index (κ1) is 15.1. The lowest BCUT2D eigenvalue weighted by molar-refractivity contribution is -0.384. The Balaban J connectivity index is 2.12. The summed E-state index contributed by atoms with van der Waals surface area (Å²) < 4.78 is 13.2. The van der Waals surface area contributed by atoms with E-state index in [0.29, 0.717) is 0 Å². The zero-order chi connectivity index (χ0) is 15.4. The summed E-state index contributed by atoms with van der Waals surface area (Å²) in [6.07, 6.45) is 0. The van der Waals surface area contributed by atoms with Crippen LogP contribution in [0.25, 0.3) is 0 Å². The molecule has 0 radical (unpaired) electrons. The number of halogens is 1. The molecule has 5 heteroatoms. The standard InChI is InChI=1S/C16H17FN2O2/c1-11(13-5-3-7-15(17)9-13)18-12(2)14-6-4-8-16(10-14)19(20)21/h3-12,18H,1-2H3/t11-,12?/m1/s1. The molecule has 2 aromatic rings. The highest BCUT2D eigenvalue weighted by Gasteiger charge is 2.14. The number of nitro groups is 1. The van der Waals surface area contributed by atoms with Gasteiger partial charge in [-0.3, -0.25) is 10.1 Å². The van der Waals surface area contributed by atoms with Crippen molar-refractivity contribution in [2.45, 2.75) is 25.9 Å². The molecule has 0 aliphatic carbocycles. The average Bonchev–Trinajstić information content (AvgIpc) is 2.47. The first-order valence-electron chi connectivity index (χ1n) is 6.73. The van der Waals surface area contributed by atoms with Crippen LogP contribution in [0.5, 0.6) is 0 Å². The molecule has 0 fully saturated rings. The fourth-order valence-corrected chi connectivity index (χ4v) is 2.25. The summed E-state index contributed by atoms with van der Waals surface area (Å²) in [6.45, 7) is 3.86. The van der Waals surface area contributed by atoms with Gasteiger partial charge in [0.25, 0.3) is 5.69 Å². The summed E-state index contributed by atoms with van der Waals surface area (Å²) in [6, 6.07) is 12.8. The van der Waals surface area contributed by atoms with Gasteiger partial charge >= 0.3 is 0 Å². The van der Waals surface area contributed by atoms with E-state index in [0.717, 1.165) is 11.1 Å². The van der Waals surface area contributed by atoms with Crippen molar-refractivity contribution in [2.75, 3.05) is 0 Å². The number of nitrogens with one attached hydrogen (secondary N) is 1. The normalized spacial score (nSPS) is 13.7. The fourth-order valence-electron chi connectivity index (χ4n) is 2.25. The van der Waals surface area contributed by atoms with Gasteiger partial charge in [-0.25, -0.2) is 4.39 Å². The van der Waals surface area contributed by atoms with E-state index in [2.05, 4.69) is 5.32 Å². The van der Waals surface area contributed by atoms with E-state index < -0.39 is 4.92 Å². The fraction of sp³-hybridized carbons (Fsp3) is 0.250. The second kappa shape index (κ2) is 6.45. The minimum atomic E-state index is -0.410. The zero-order valence-corrected chi connectivity index (χ0v) is 11.9. The Morgan fingerprint density at radius 3 is 2.19 bits per heavy atom. The van der Waals surface area contributed by atoms with Crippen LogP contribution >= 0.6 is 0 Å². The molecule has 0 aromatic heterocycles. The van der Waals surface area contributed by atoms with Gasteiger partial charge in [0.15, 0.2) is 0 Å². The number of hydrogen-bond donors (Lipinski definition) is 1. The van der Waals surface area contributed by atoms with Crippen LogP contribution in [0.3, 0.4) is 0 Å². The lowest BCUT2D eigenvalue weighted by atomic mass is 10.0. The molecule has 2 atom stereocenters. The topological polar surface area (TPSA) is 55.2 Å². The first-order valence-corrected chi connectivity index (χ1v) is 6.73. The molecule has 0 aliphatic rings. The lowest BCUT2D eigenvalue weighted by Crippen LogP contribution is -2.22. The maximum absolute atomic E-state index is 13.2. The van der Waals surface area contributed by atoms with Crippen LogP contribution in [0.4, 0.5) is 10.1 Å². The molecular weight excluding hydrogens is 271 g/mol. The minimum Gasteiger partial charge on any atom is -0.304 e. The van der Waals surface area contributed by atoms with Gasteiger partial charge in [-0.15, -0.1) is 0 Å². The van der Waals surface area contributed by atoms with Crippen molar-refractivity contribution in [2.24, 2.45) is 0 Å². The van der Waals surface area contributed by atoms with Gasteiger partial charge in [0.05, 0.1) is 4.92 Å². The largest absolute Gasteiger partial charge is 0.304 e. The maximum Gasteiger partial charge on any atom is 0.269 e. The van der Waals surface area contributed by atoms with Crippen molar-refractivity contribution in [3.05, 3.63) is 75.6 Å². The van der Waals surface area contributed by atoms with Gasteiger partial charge < -0.3 is 5.32 Å². The third-order valence-electron chi connectivity index (χ3n) is 3.43. The summed E-state index contributed by atoms with van der Waals surface area (Å²) in [5.74, 6) is -0.274. The van der Waals surface area contributed by atoms with E-state index in [9.17, 15) is 14.5 Å². The number of nitrogens with zero attached hydrogens (tertiary/aromatic N) is 1. The van der Waals surface area contributed by atoms with Crippen LogP contribution in [-0.2, 0) is 0 Å². The van der Waals surface area contributed by atoms with E-state index in [4.69, 9.17) is 0 Å². The van der Waals surface area contributed by atoms with Crippen LogP contribution in [0.1, 0.15) is 37.1 Å². The number of benzene rings is 2. The molecule has 21 heavy (non-hydrogen) atoms. The van der Waals surface area contributed by atoms with Crippen molar-refractivity contribution in [1.82, 2.24) is 5.32 Å². The second-order valence-electron chi connectivity index (χ2n) is 5.02. The van der Waals surface area contributed by atoms with Gasteiger partial charge in [0.2, 0.25) is 0 Å². The predicted octanol–water partition coefficient (Wildman–Crippen LogP) is 4.15. The van der Waals surface area contributed by atoms with E-state index in [1.807, 2.05) is 26.0 Å². The first-order chi connectivity index (χ1) is 9.97. The van der Waals surface area contributed by atoms with Gasteiger partial charge in [0, 0.05) is 24.2 Å². The number of rotatable bonds is 5. The molecule has 4 nitrogen and oxygen atoms in total. The second-order valence-corrected chi connectivity index (χ2v) is 5.02. The van der Waals surface area contributed by atoms with Crippen molar-refractivity contribution in [3.63, 3.8) is 0 Å². The molecule has 1 unspecified atom stereocenters. The molecule has 0 amide bonds. The van der Waals surface area contributed by atoms with Gasteiger partial charge in [-0.2, -0.15) is 0 Å². The number of non-ortho nitro benzene ring substituents is 1. The van der Waals surface area contributed by atoms with Crippen LogP contribution in [0, 0.1) is 15.9 Å².